The van der Waals surface area contributed by atoms with E-state index in [2.05, 4.69) is 4.74 Å². The topological polar surface area (TPSA) is 49.8 Å². The molecule has 7 heteroatoms. The zero-order valence-corrected chi connectivity index (χ0v) is 17.1. The number of amides is 1. The van der Waals surface area contributed by atoms with Gasteiger partial charge in [-0.2, -0.15) is 0 Å². The molecule has 166 valence electrons. The highest BCUT2D eigenvalue weighted by atomic mass is 19.4. The lowest BCUT2D eigenvalue weighted by Gasteiger charge is -2.28. The number of aliphatic hydroxyl groups is 1. The van der Waals surface area contributed by atoms with E-state index in [1.165, 1.54) is 12.1 Å². The van der Waals surface area contributed by atoms with Crippen molar-refractivity contribution in [2.45, 2.75) is 31.3 Å². The quantitative estimate of drug-likeness (QED) is 0.538. The Bertz CT molecular complexity index is 1050. The van der Waals surface area contributed by atoms with Crippen LogP contribution in [0.5, 0.6) is 5.75 Å². The summed E-state index contributed by atoms with van der Waals surface area (Å²) >= 11 is 0. The molecule has 2 atom stereocenters. The number of alkyl halides is 3. The molecular formula is C25H22F3NO3. The molecule has 3 aromatic carbocycles. The van der Waals surface area contributed by atoms with Crippen LogP contribution in [0.2, 0.25) is 0 Å². The smallest absolute Gasteiger partial charge is 0.406 e. The fourth-order valence-corrected chi connectivity index (χ4v) is 4.02. The Hall–Kier alpha value is -3.32. The Morgan fingerprint density at radius 3 is 2.12 bits per heavy atom. The second-order valence-corrected chi connectivity index (χ2v) is 7.72. The maximum Gasteiger partial charge on any atom is 0.573 e. The van der Waals surface area contributed by atoms with Crippen LogP contribution in [0.15, 0.2) is 78.9 Å². The summed E-state index contributed by atoms with van der Waals surface area (Å²) in [6.07, 6.45) is -4.39. The first-order valence-corrected chi connectivity index (χ1v) is 10.3. The van der Waals surface area contributed by atoms with Crippen LogP contribution in [-0.4, -0.2) is 28.8 Å². The molecule has 1 heterocycles. The number of rotatable bonds is 6. The molecule has 4 nitrogen and oxygen atoms in total. The zero-order chi connectivity index (χ0) is 22.7. The average molecular weight is 441 g/mol. The number of carbonyl (C=O) groups is 1. The lowest BCUT2D eigenvalue weighted by Crippen LogP contribution is -2.32. The summed E-state index contributed by atoms with van der Waals surface area (Å²) in [4.78, 5) is 14.2. The van der Waals surface area contributed by atoms with Crippen LogP contribution < -0.4 is 4.74 Å². The highest BCUT2D eigenvalue weighted by Crippen LogP contribution is 2.35. The molecule has 3 aromatic rings. The molecule has 2 unspecified atom stereocenters. The number of halogens is 3. The van der Waals surface area contributed by atoms with Crippen molar-refractivity contribution >= 4 is 5.91 Å². The Morgan fingerprint density at radius 2 is 1.53 bits per heavy atom. The minimum atomic E-state index is -4.72. The first-order valence-electron chi connectivity index (χ1n) is 10.3. The molecule has 1 saturated heterocycles. The molecule has 0 saturated carbocycles. The van der Waals surface area contributed by atoms with Gasteiger partial charge in [0.2, 0.25) is 5.91 Å². The number of ether oxygens (including phenoxy) is 1. The fraction of sp³-hybridized carbons (Fsp3) is 0.240. The zero-order valence-electron chi connectivity index (χ0n) is 17.1. The van der Waals surface area contributed by atoms with Crippen molar-refractivity contribution in [3.8, 4) is 16.9 Å². The van der Waals surface area contributed by atoms with Crippen molar-refractivity contribution in [2.24, 2.45) is 0 Å². The summed E-state index contributed by atoms with van der Waals surface area (Å²) in [6.45, 7) is 0.218. The average Bonchev–Trinajstić information content (AvgIpc) is 3.14. The van der Waals surface area contributed by atoms with Gasteiger partial charge in [0.25, 0.3) is 0 Å². The molecule has 0 aliphatic carbocycles. The minimum Gasteiger partial charge on any atom is -0.406 e. The van der Waals surface area contributed by atoms with Gasteiger partial charge >= 0.3 is 6.36 Å². The number of hydrogen-bond donors (Lipinski definition) is 1. The minimum absolute atomic E-state index is 0.00862. The van der Waals surface area contributed by atoms with Crippen LogP contribution in [0.1, 0.15) is 36.1 Å². The Labute approximate surface area is 183 Å². The fourth-order valence-electron chi connectivity index (χ4n) is 4.02. The summed E-state index contributed by atoms with van der Waals surface area (Å²) in [5.74, 6) is -0.260. The van der Waals surface area contributed by atoms with Crippen LogP contribution in [0.3, 0.4) is 0 Å². The van der Waals surface area contributed by atoms with Crippen LogP contribution in [-0.2, 0) is 4.79 Å². The summed E-state index contributed by atoms with van der Waals surface area (Å²) < 4.78 is 40.9. The largest absolute Gasteiger partial charge is 0.573 e. The Balaban J connectivity index is 1.47. The summed E-state index contributed by atoms with van der Waals surface area (Å²) in [6, 6.07) is 22.4. The molecule has 4 rings (SSSR count). The maximum absolute atomic E-state index is 12.5. The monoisotopic (exact) mass is 441 g/mol. The molecule has 1 fully saturated rings. The number of nitrogens with zero attached hydrogens (tertiary/aromatic N) is 1. The summed E-state index contributed by atoms with van der Waals surface area (Å²) in [5, 5.41) is 10.6. The van der Waals surface area contributed by atoms with Gasteiger partial charge in [-0.05, 0) is 40.8 Å². The lowest BCUT2D eigenvalue weighted by atomic mass is 9.99. The molecular weight excluding hydrogens is 419 g/mol. The molecule has 32 heavy (non-hydrogen) atoms. The molecule has 1 aliphatic rings. The molecule has 1 amide bonds. The van der Waals surface area contributed by atoms with E-state index in [9.17, 15) is 23.1 Å². The van der Waals surface area contributed by atoms with E-state index in [-0.39, 0.29) is 24.2 Å². The number of benzene rings is 3. The van der Waals surface area contributed by atoms with Gasteiger partial charge in [-0.3, -0.25) is 4.79 Å². The van der Waals surface area contributed by atoms with Gasteiger partial charge in [0.1, 0.15) is 5.75 Å². The van der Waals surface area contributed by atoms with Crippen molar-refractivity contribution in [1.29, 1.82) is 0 Å². The van der Waals surface area contributed by atoms with Crippen molar-refractivity contribution in [1.82, 2.24) is 4.90 Å². The molecule has 0 bridgehead atoms. The first-order chi connectivity index (χ1) is 15.3. The van der Waals surface area contributed by atoms with Gasteiger partial charge in [-0.15, -0.1) is 13.2 Å². The first kappa shape index (κ1) is 21.9. The summed E-state index contributed by atoms with van der Waals surface area (Å²) in [5.41, 5.74) is 3.31. The third kappa shape index (κ3) is 5.11. The molecule has 0 spiro atoms. The van der Waals surface area contributed by atoms with E-state index in [1.54, 1.807) is 17.0 Å². The molecule has 0 radical (unpaired) electrons. The van der Waals surface area contributed by atoms with Crippen LogP contribution in [0.4, 0.5) is 13.2 Å². The van der Waals surface area contributed by atoms with Crippen molar-refractivity contribution < 1.29 is 27.8 Å². The Morgan fingerprint density at radius 1 is 0.938 bits per heavy atom. The molecule has 0 aromatic heterocycles. The number of hydrogen-bond acceptors (Lipinski definition) is 3. The highest BCUT2D eigenvalue weighted by molar-refractivity contribution is 5.79. The standard InChI is InChI=1S/C25H22F3NO3/c26-25(27,28)32-21-12-10-18(11-13-21)17-6-8-19(9-7-17)22-14-15-24(31)29(22)16-23(30)20-4-2-1-3-5-20/h1-13,22-23,30H,14-16H2. The van der Waals surface area contributed by atoms with E-state index in [0.29, 0.717) is 12.8 Å². The third-order valence-corrected chi connectivity index (χ3v) is 5.60. The highest BCUT2D eigenvalue weighted by Gasteiger charge is 2.33. The predicted octanol–water partition coefficient (Wildman–Crippen LogP) is 5.65. The van der Waals surface area contributed by atoms with E-state index < -0.39 is 12.5 Å². The predicted molar refractivity (Wildman–Crippen MR) is 114 cm³/mol. The van der Waals surface area contributed by atoms with Gasteiger partial charge in [0, 0.05) is 6.42 Å². The number of β-amino-alcohol motifs (C(OH)–C–C–N with tert-alkyl or cyclic N) is 1. The second-order valence-electron chi connectivity index (χ2n) is 7.72. The second kappa shape index (κ2) is 9.04. The van der Waals surface area contributed by atoms with Gasteiger partial charge in [-0.1, -0.05) is 66.7 Å². The van der Waals surface area contributed by atoms with E-state index in [0.717, 1.165) is 22.3 Å². The third-order valence-electron chi connectivity index (χ3n) is 5.60. The van der Waals surface area contributed by atoms with E-state index in [1.807, 2.05) is 54.6 Å². The normalized spacial score (nSPS) is 17.4. The van der Waals surface area contributed by atoms with Gasteiger partial charge in [0.15, 0.2) is 0 Å². The number of carbonyl (C=O) groups excluding carboxylic acids is 1. The summed E-state index contributed by atoms with van der Waals surface area (Å²) in [7, 11) is 0. The van der Waals surface area contributed by atoms with E-state index >= 15 is 0 Å². The van der Waals surface area contributed by atoms with Gasteiger partial charge in [-0.25, -0.2) is 0 Å². The number of likely N-dealkylation sites (tertiary alicyclic amines) is 1. The Kier molecular flexibility index (Phi) is 6.19. The van der Waals surface area contributed by atoms with Crippen LogP contribution in [0.25, 0.3) is 11.1 Å². The van der Waals surface area contributed by atoms with Gasteiger partial charge in [0.05, 0.1) is 18.7 Å². The molecule has 1 N–H and O–H groups in total. The van der Waals surface area contributed by atoms with E-state index in [4.69, 9.17) is 0 Å². The SMILES string of the molecule is O=C1CCC(c2ccc(-c3ccc(OC(F)(F)F)cc3)cc2)N1CC(O)c1ccccc1. The van der Waals surface area contributed by atoms with Gasteiger partial charge < -0.3 is 14.7 Å². The van der Waals surface area contributed by atoms with Crippen LogP contribution >= 0.6 is 0 Å². The van der Waals surface area contributed by atoms with Crippen molar-refractivity contribution in [2.75, 3.05) is 6.54 Å². The lowest BCUT2D eigenvalue weighted by molar-refractivity contribution is -0.274. The van der Waals surface area contributed by atoms with Crippen LogP contribution in [0, 0.1) is 0 Å². The number of aliphatic hydroxyl groups excluding tert-OH is 1. The molecule has 1 aliphatic heterocycles. The maximum atomic E-state index is 12.5. The van der Waals surface area contributed by atoms with Crippen molar-refractivity contribution in [3.05, 3.63) is 90.0 Å². The van der Waals surface area contributed by atoms with Crippen molar-refractivity contribution in [3.63, 3.8) is 0 Å².